The lowest BCUT2D eigenvalue weighted by Crippen LogP contribution is -2.48. The van der Waals surface area contributed by atoms with Gasteiger partial charge in [0, 0.05) is 13.6 Å². The Bertz CT molecular complexity index is 748. The molecule has 0 saturated carbocycles. The minimum Gasteiger partial charge on any atom is -0.493 e. The fourth-order valence-electron chi connectivity index (χ4n) is 3.54. The van der Waals surface area contributed by atoms with Crippen LogP contribution in [0.1, 0.15) is 30.4 Å². The molecule has 3 rings (SSSR count). The van der Waals surface area contributed by atoms with Crippen LogP contribution < -0.4 is 14.8 Å². The number of carbonyl (C=O) groups excluding carboxylic acids is 1. The normalized spacial score (nSPS) is 17.3. The first kappa shape index (κ1) is 19.2. The molecule has 0 spiro atoms. The highest BCUT2D eigenvalue weighted by Gasteiger charge is 2.28. The van der Waals surface area contributed by atoms with E-state index in [0.29, 0.717) is 6.61 Å². The van der Waals surface area contributed by atoms with Crippen LogP contribution >= 0.6 is 0 Å². The summed E-state index contributed by atoms with van der Waals surface area (Å²) in [6, 6.07) is 16.0. The molecule has 1 fully saturated rings. The maximum atomic E-state index is 12.2. The standard InChI is InChI=1S/C22H28N2O3/c1-23-22(25)19-10-6-7-13-24(19)15-18-11-12-20(21(14-18)26-2)27-16-17-8-4-3-5-9-17/h3-5,8-9,11-12,14,19H,6-7,10,13,15-16H2,1-2H3,(H,23,25). The second-order valence-electron chi connectivity index (χ2n) is 6.86. The Kier molecular flexibility index (Phi) is 6.71. The number of amides is 1. The molecule has 0 bridgehead atoms. The molecule has 0 aromatic heterocycles. The van der Waals surface area contributed by atoms with Gasteiger partial charge in [0.2, 0.25) is 5.91 Å². The Balaban J connectivity index is 1.68. The van der Waals surface area contributed by atoms with Crippen molar-refractivity contribution in [3.05, 3.63) is 59.7 Å². The number of likely N-dealkylation sites (N-methyl/N-ethyl adjacent to an activating group) is 1. The zero-order chi connectivity index (χ0) is 19.1. The summed E-state index contributed by atoms with van der Waals surface area (Å²) in [5, 5.41) is 2.79. The average Bonchev–Trinajstić information content (AvgIpc) is 2.73. The second kappa shape index (κ2) is 9.42. The van der Waals surface area contributed by atoms with Gasteiger partial charge in [0.15, 0.2) is 11.5 Å². The highest BCUT2D eigenvalue weighted by Crippen LogP contribution is 2.30. The number of nitrogens with one attached hydrogen (secondary N) is 1. The van der Waals surface area contributed by atoms with E-state index in [1.807, 2.05) is 42.5 Å². The summed E-state index contributed by atoms with van der Waals surface area (Å²) in [7, 11) is 3.36. The largest absolute Gasteiger partial charge is 0.493 e. The van der Waals surface area contributed by atoms with Crippen LogP contribution in [0.5, 0.6) is 11.5 Å². The minimum atomic E-state index is -0.0521. The second-order valence-corrected chi connectivity index (χ2v) is 6.86. The van der Waals surface area contributed by atoms with E-state index < -0.39 is 0 Å². The van der Waals surface area contributed by atoms with Crippen molar-refractivity contribution in [1.29, 1.82) is 0 Å². The van der Waals surface area contributed by atoms with Gasteiger partial charge in [-0.1, -0.05) is 42.8 Å². The number of rotatable bonds is 7. The van der Waals surface area contributed by atoms with Gasteiger partial charge in [0.1, 0.15) is 6.61 Å². The van der Waals surface area contributed by atoms with E-state index >= 15 is 0 Å². The molecule has 1 amide bonds. The van der Waals surface area contributed by atoms with Crippen LogP contribution in [0.3, 0.4) is 0 Å². The molecule has 2 aromatic rings. The highest BCUT2D eigenvalue weighted by atomic mass is 16.5. The molecule has 5 heteroatoms. The van der Waals surface area contributed by atoms with E-state index in [4.69, 9.17) is 9.47 Å². The Morgan fingerprint density at radius 3 is 2.67 bits per heavy atom. The van der Waals surface area contributed by atoms with Crippen molar-refractivity contribution in [2.24, 2.45) is 0 Å². The Labute approximate surface area is 161 Å². The lowest BCUT2D eigenvalue weighted by molar-refractivity contribution is -0.127. The SMILES string of the molecule is CNC(=O)C1CCCCN1Cc1ccc(OCc2ccccc2)c(OC)c1. The fraction of sp³-hybridized carbons (Fsp3) is 0.409. The summed E-state index contributed by atoms with van der Waals surface area (Å²) in [5.74, 6) is 1.55. The predicted octanol–water partition coefficient (Wildman–Crippen LogP) is 3.37. The van der Waals surface area contributed by atoms with Crippen LogP contribution in [0, 0.1) is 0 Å². The quantitative estimate of drug-likeness (QED) is 0.814. The highest BCUT2D eigenvalue weighted by molar-refractivity contribution is 5.81. The van der Waals surface area contributed by atoms with Crippen molar-refractivity contribution in [2.45, 2.75) is 38.5 Å². The van der Waals surface area contributed by atoms with Crippen LogP contribution in [0.15, 0.2) is 48.5 Å². The number of ether oxygens (including phenoxy) is 2. The Morgan fingerprint density at radius 1 is 1.11 bits per heavy atom. The van der Waals surface area contributed by atoms with E-state index in [-0.39, 0.29) is 11.9 Å². The third kappa shape index (κ3) is 5.01. The predicted molar refractivity (Wildman–Crippen MR) is 106 cm³/mol. The number of likely N-dealkylation sites (tertiary alicyclic amines) is 1. The molecule has 1 heterocycles. The Hall–Kier alpha value is -2.53. The van der Waals surface area contributed by atoms with Crippen molar-refractivity contribution in [2.75, 3.05) is 20.7 Å². The van der Waals surface area contributed by atoms with E-state index in [2.05, 4.69) is 16.3 Å². The molecule has 1 aliphatic rings. The van der Waals surface area contributed by atoms with Crippen LogP contribution in [0.4, 0.5) is 0 Å². The molecule has 1 N–H and O–H groups in total. The van der Waals surface area contributed by atoms with Crippen molar-refractivity contribution >= 4 is 5.91 Å². The Morgan fingerprint density at radius 2 is 1.93 bits per heavy atom. The molecule has 1 atom stereocenters. The topological polar surface area (TPSA) is 50.8 Å². The zero-order valence-corrected chi connectivity index (χ0v) is 16.1. The minimum absolute atomic E-state index is 0.0521. The van der Waals surface area contributed by atoms with Gasteiger partial charge in [-0.25, -0.2) is 0 Å². The first-order valence-corrected chi connectivity index (χ1v) is 9.50. The van der Waals surface area contributed by atoms with Crippen LogP contribution in [0.25, 0.3) is 0 Å². The van der Waals surface area contributed by atoms with E-state index in [0.717, 1.165) is 55.0 Å². The molecule has 1 aliphatic heterocycles. The number of carbonyl (C=O) groups is 1. The molecular formula is C22H28N2O3. The number of benzene rings is 2. The van der Waals surface area contributed by atoms with Crippen molar-refractivity contribution in [3.63, 3.8) is 0 Å². The van der Waals surface area contributed by atoms with Gasteiger partial charge in [-0.05, 0) is 42.6 Å². The van der Waals surface area contributed by atoms with Crippen LogP contribution in [-0.4, -0.2) is 37.6 Å². The molecule has 0 radical (unpaired) electrons. The summed E-state index contributed by atoms with van der Waals surface area (Å²) in [6.07, 6.45) is 3.14. The third-order valence-electron chi connectivity index (χ3n) is 5.01. The summed E-state index contributed by atoms with van der Waals surface area (Å²) < 4.78 is 11.5. The van der Waals surface area contributed by atoms with E-state index in [1.165, 1.54) is 0 Å². The van der Waals surface area contributed by atoms with Gasteiger partial charge in [-0.2, -0.15) is 0 Å². The lowest BCUT2D eigenvalue weighted by atomic mass is 10.0. The summed E-state index contributed by atoms with van der Waals surface area (Å²) in [6.45, 7) is 2.17. The smallest absolute Gasteiger partial charge is 0.237 e. The molecule has 144 valence electrons. The lowest BCUT2D eigenvalue weighted by Gasteiger charge is -2.34. The number of hydrogen-bond donors (Lipinski definition) is 1. The van der Waals surface area contributed by atoms with Crippen LogP contribution in [0.2, 0.25) is 0 Å². The van der Waals surface area contributed by atoms with Crippen LogP contribution in [-0.2, 0) is 17.9 Å². The molecule has 5 nitrogen and oxygen atoms in total. The number of hydrogen-bond acceptors (Lipinski definition) is 4. The van der Waals surface area contributed by atoms with Crippen molar-refractivity contribution in [1.82, 2.24) is 10.2 Å². The first-order chi connectivity index (χ1) is 13.2. The summed E-state index contributed by atoms with van der Waals surface area (Å²) >= 11 is 0. The first-order valence-electron chi connectivity index (χ1n) is 9.50. The van der Waals surface area contributed by atoms with Gasteiger partial charge in [-0.15, -0.1) is 0 Å². The molecule has 0 aliphatic carbocycles. The molecule has 1 unspecified atom stereocenters. The van der Waals surface area contributed by atoms with Gasteiger partial charge < -0.3 is 14.8 Å². The number of piperidine rings is 1. The van der Waals surface area contributed by atoms with E-state index in [9.17, 15) is 4.79 Å². The molecule has 2 aromatic carbocycles. The van der Waals surface area contributed by atoms with E-state index in [1.54, 1.807) is 14.2 Å². The zero-order valence-electron chi connectivity index (χ0n) is 16.1. The summed E-state index contributed by atoms with van der Waals surface area (Å²) in [5.41, 5.74) is 2.24. The van der Waals surface area contributed by atoms with Gasteiger partial charge in [0.25, 0.3) is 0 Å². The van der Waals surface area contributed by atoms with Crippen molar-refractivity contribution < 1.29 is 14.3 Å². The molecular weight excluding hydrogens is 340 g/mol. The maximum Gasteiger partial charge on any atom is 0.237 e. The van der Waals surface area contributed by atoms with Crippen molar-refractivity contribution in [3.8, 4) is 11.5 Å². The third-order valence-corrected chi connectivity index (χ3v) is 5.01. The monoisotopic (exact) mass is 368 g/mol. The fourth-order valence-corrected chi connectivity index (χ4v) is 3.54. The number of nitrogens with zero attached hydrogens (tertiary/aromatic N) is 1. The average molecular weight is 368 g/mol. The van der Waals surface area contributed by atoms with Gasteiger partial charge >= 0.3 is 0 Å². The van der Waals surface area contributed by atoms with Gasteiger partial charge in [0.05, 0.1) is 13.2 Å². The number of methoxy groups -OCH3 is 1. The maximum absolute atomic E-state index is 12.2. The summed E-state index contributed by atoms with van der Waals surface area (Å²) in [4.78, 5) is 14.4. The van der Waals surface area contributed by atoms with Gasteiger partial charge in [-0.3, -0.25) is 9.69 Å². The molecule has 27 heavy (non-hydrogen) atoms. The molecule has 1 saturated heterocycles.